The van der Waals surface area contributed by atoms with Crippen molar-refractivity contribution in [2.24, 2.45) is 0 Å². The van der Waals surface area contributed by atoms with Crippen LogP contribution in [0.2, 0.25) is 0 Å². The van der Waals surface area contributed by atoms with Crippen molar-refractivity contribution in [2.45, 2.75) is 52.2 Å². The van der Waals surface area contributed by atoms with E-state index in [2.05, 4.69) is 45.8 Å². The lowest BCUT2D eigenvalue weighted by Gasteiger charge is -2.32. The third kappa shape index (κ3) is 7.59. The lowest BCUT2D eigenvalue weighted by atomic mass is 9.96. The number of carbonyl (C=O) groups is 1. The summed E-state index contributed by atoms with van der Waals surface area (Å²) in [5.41, 5.74) is 4.21. The predicted octanol–water partition coefficient (Wildman–Crippen LogP) is 3.79. The van der Waals surface area contributed by atoms with Gasteiger partial charge in [0.05, 0.1) is 18.3 Å². The Hall–Kier alpha value is -4.09. The molecule has 2 aliphatic heterocycles. The molecule has 2 aliphatic rings. The molecule has 6 rings (SSSR count). The molecule has 5 heterocycles. The number of aldehydes is 1. The van der Waals surface area contributed by atoms with Crippen LogP contribution in [0, 0.1) is 5.82 Å². The fraction of sp³-hybridized carbons (Fsp3) is 0.419. The van der Waals surface area contributed by atoms with E-state index in [4.69, 9.17) is 4.98 Å². The number of aromatic amines is 1. The van der Waals surface area contributed by atoms with Crippen LogP contribution in [0.15, 0.2) is 53.6 Å². The highest BCUT2D eigenvalue weighted by Gasteiger charge is 2.27. The third-order valence-electron chi connectivity index (χ3n) is 6.99. The van der Waals surface area contributed by atoms with Crippen LogP contribution in [0.4, 0.5) is 16.0 Å². The van der Waals surface area contributed by atoms with Crippen LogP contribution >= 0.6 is 0 Å². The number of benzene rings is 1. The van der Waals surface area contributed by atoms with Gasteiger partial charge in [-0.25, -0.2) is 9.37 Å². The van der Waals surface area contributed by atoms with Crippen molar-refractivity contribution in [2.75, 3.05) is 43.4 Å². The highest BCUT2D eigenvalue weighted by molar-refractivity contribution is 5.79. The maximum absolute atomic E-state index is 13.2. The van der Waals surface area contributed by atoms with Gasteiger partial charge in [-0.1, -0.05) is 32.4 Å². The van der Waals surface area contributed by atoms with Gasteiger partial charge in [0.25, 0.3) is 5.56 Å². The lowest BCUT2D eigenvalue weighted by Crippen LogP contribution is -2.46. The van der Waals surface area contributed by atoms with E-state index >= 15 is 0 Å². The largest absolute Gasteiger partial charge is 0.372 e. The number of anilines is 2. The monoisotopic (exact) mass is 576 g/mol. The van der Waals surface area contributed by atoms with Crippen LogP contribution < -0.4 is 26.4 Å². The van der Waals surface area contributed by atoms with E-state index in [1.54, 1.807) is 18.3 Å². The molecule has 0 bridgehead atoms. The zero-order valence-electron chi connectivity index (χ0n) is 24.6. The number of nitrogens with one attached hydrogen (secondary N) is 4. The maximum Gasteiger partial charge on any atom is 0.278 e. The molecule has 1 fully saturated rings. The van der Waals surface area contributed by atoms with Gasteiger partial charge in [-0.2, -0.15) is 0 Å². The van der Waals surface area contributed by atoms with Gasteiger partial charge >= 0.3 is 0 Å². The Kier molecular flexibility index (Phi) is 11.2. The highest BCUT2D eigenvalue weighted by atomic mass is 19.1. The van der Waals surface area contributed by atoms with Crippen LogP contribution in [0.1, 0.15) is 49.7 Å². The molecule has 0 radical (unpaired) electrons. The maximum atomic E-state index is 13.2. The van der Waals surface area contributed by atoms with E-state index in [1.165, 1.54) is 34.2 Å². The van der Waals surface area contributed by atoms with Gasteiger partial charge in [0.15, 0.2) is 0 Å². The number of nitrogens with zero attached hydrogens (tertiary/aromatic N) is 4. The molecule has 1 saturated heterocycles. The van der Waals surface area contributed by atoms with Crippen molar-refractivity contribution < 1.29 is 9.18 Å². The van der Waals surface area contributed by atoms with Crippen molar-refractivity contribution in [3.63, 3.8) is 0 Å². The van der Waals surface area contributed by atoms with Crippen molar-refractivity contribution in [3.05, 3.63) is 81.9 Å². The van der Waals surface area contributed by atoms with Crippen LogP contribution in [0.3, 0.4) is 0 Å². The first kappa shape index (κ1) is 30.9. The number of fused-ring (bicyclic) bond motifs is 2. The zero-order chi connectivity index (χ0) is 29.9. The second-order valence-corrected chi connectivity index (χ2v) is 10.3. The van der Waals surface area contributed by atoms with E-state index in [0.717, 1.165) is 62.2 Å². The minimum Gasteiger partial charge on any atom is -0.372 e. The average molecular weight is 577 g/mol. The van der Waals surface area contributed by atoms with Gasteiger partial charge < -0.3 is 30.6 Å². The van der Waals surface area contributed by atoms with Crippen LogP contribution in [-0.4, -0.2) is 59.0 Å². The van der Waals surface area contributed by atoms with Gasteiger partial charge in [0.2, 0.25) is 5.95 Å². The number of pyridine rings is 1. The molecule has 10 nitrogen and oxygen atoms in total. The first-order valence-corrected chi connectivity index (χ1v) is 14.6. The third-order valence-corrected chi connectivity index (χ3v) is 6.99. The molecule has 1 unspecified atom stereocenters. The zero-order valence-corrected chi connectivity index (χ0v) is 24.6. The molecule has 1 atom stereocenters. The van der Waals surface area contributed by atoms with Crippen LogP contribution in [0.5, 0.6) is 0 Å². The quantitative estimate of drug-likeness (QED) is 0.256. The average Bonchev–Trinajstić information content (AvgIpc) is 3.43. The minimum absolute atomic E-state index is 0.0265. The number of halogens is 1. The molecule has 0 amide bonds. The topological polar surface area (TPSA) is 120 Å². The summed E-state index contributed by atoms with van der Waals surface area (Å²) in [5, 5.41) is 10.8. The number of carbonyl (C=O) groups excluding carboxylic acids is 1. The van der Waals surface area contributed by atoms with Gasteiger partial charge in [0.1, 0.15) is 17.8 Å². The summed E-state index contributed by atoms with van der Waals surface area (Å²) in [5.74, 6) is 0.278. The molecule has 224 valence electrons. The minimum atomic E-state index is -0.286. The normalized spacial score (nSPS) is 15.9. The lowest BCUT2D eigenvalue weighted by molar-refractivity contribution is -0.108. The Labute approximate surface area is 245 Å². The first-order chi connectivity index (χ1) is 20.5. The van der Waals surface area contributed by atoms with Crippen molar-refractivity contribution in [3.8, 4) is 0 Å². The van der Waals surface area contributed by atoms with E-state index in [1.807, 2.05) is 24.2 Å². The number of rotatable bonds is 6. The summed E-state index contributed by atoms with van der Waals surface area (Å²) in [4.78, 5) is 38.4. The summed E-state index contributed by atoms with van der Waals surface area (Å²) in [6.07, 6.45) is 7.05. The Bertz CT molecular complexity index is 1460. The van der Waals surface area contributed by atoms with Gasteiger partial charge in [-0.3, -0.25) is 14.3 Å². The number of piperazine rings is 1. The smallest absolute Gasteiger partial charge is 0.278 e. The Morgan fingerprint density at radius 3 is 2.55 bits per heavy atom. The van der Waals surface area contributed by atoms with Crippen molar-refractivity contribution in [1.29, 1.82) is 0 Å². The molecule has 3 aromatic heterocycles. The molecule has 42 heavy (non-hydrogen) atoms. The first-order valence-electron chi connectivity index (χ1n) is 14.6. The molecular formula is C31H41FN8O2. The molecule has 1 aromatic carbocycles. The summed E-state index contributed by atoms with van der Waals surface area (Å²) in [6, 6.07) is 10.3. The Balaban J connectivity index is 0.000000224. The Morgan fingerprint density at radius 2 is 1.88 bits per heavy atom. The van der Waals surface area contributed by atoms with Crippen molar-refractivity contribution >= 4 is 28.8 Å². The fourth-order valence-corrected chi connectivity index (χ4v) is 5.05. The molecule has 4 aromatic rings. The molecule has 11 heteroatoms. The molecular weight excluding hydrogens is 535 g/mol. The second-order valence-electron chi connectivity index (χ2n) is 10.3. The second kappa shape index (κ2) is 15.2. The van der Waals surface area contributed by atoms with Gasteiger partial charge in [-0.15, -0.1) is 0 Å². The van der Waals surface area contributed by atoms with Crippen molar-refractivity contribution in [1.82, 2.24) is 30.2 Å². The number of hydrogen-bond donors (Lipinski definition) is 4. The highest BCUT2D eigenvalue weighted by Crippen LogP contribution is 2.31. The van der Waals surface area contributed by atoms with Gasteiger partial charge in [-0.05, 0) is 49.7 Å². The standard InChI is InChI=1S/C19H22FN5O2.C9H11N3.C3H8/c20-14-3-1-13(2-4-14)15-5-6-16-17(22-15)18(27)25(11-12-26)19(23-16)24-9-7-21-8-10-24;1-10-6-8-4-7-5-11-3-2-9(7)12-8;1-3-2/h1-4,12,15,21-22H,5-11H2;2-5,10,12H,6H2,1H3;3H2,1-2H3. The number of aromatic nitrogens is 4. The SMILES string of the molecule is CCC.CNCc1cc2cnccc2[nH]1.O=CCn1c(N2CCNCC2)nc2c(c1=O)NC(c1ccc(F)cc1)CC2. The molecule has 4 N–H and O–H groups in total. The molecule has 0 aliphatic carbocycles. The number of H-pyrrole nitrogens is 1. The van der Waals surface area contributed by atoms with E-state index in [9.17, 15) is 14.0 Å². The van der Waals surface area contributed by atoms with Gasteiger partial charge in [0, 0.05) is 61.7 Å². The summed E-state index contributed by atoms with van der Waals surface area (Å²) in [6.45, 7) is 8.22. The number of aryl methyl sites for hydroxylation is 1. The summed E-state index contributed by atoms with van der Waals surface area (Å²) in [7, 11) is 1.93. The summed E-state index contributed by atoms with van der Waals surface area (Å²) >= 11 is 0. The fourth-order valence-electron chi connectivity index (χ4n) is 5.05. The number of hydrogen-bond acceptors (Lipinski definition) is 8. The van der Waals surface area contributed by atoms with E-state index in [-0.39, 0.29) is 24.0 Å². The van der Waals surface area contributed by atoms with Crippen LogP contribution in [-0.2, 0) is 24.3 Å². The van der Waals surface area contributed by atoms with E-state index < -0.39 is 0 Å². The molecule has 0 spiro atoms. The predicted molar refractivity (Wildman–Crippen MR) is 166 cm³/mol. The van der Waals surface area contributed by atoms with E-state index in [0.29, 0.717) is 18.1 Å². The Morgan fingerprint density at radius 1 is 1.14 bits per heavy atom. The summed E-state index contributed by atoms with van der Waals surface area (Å²) < 4.78 is 14.6. The van der Waals surface area contributed by atoms with Crippen LogP contribution in [0.25, 0.3) is 10.9 Å². The molecule has 0 saturated carbocycles.